The van der Waals surface area contributed by atoms with E-state index in [9.17, 15) is 13.5 Å². The summed E-state index contributed by atoms with van der Waals surface area (Å²) in [4.78, 5) is 6.66. The van der Waals surface area contributed by atoms with Crippen molar-refractivity contribution in [3.63, 3.8) is 0 Å². The summed E-state index contributed by atoms with van der Waals surface area (Å²) < 4.78 is 30.5. The minimum Gasteiger partial charge on any atom is -0.491 e. The van der Waals surface area contributed by atoms with Crippen LogP contribution in [-0.4, -0.2) is 68.6 Å². The quantitative estimate of drug-likeness (QED) is 0.597. The minimum absolute atomic E-state index is 0.117. The highest BCUT2D eigenvalue weighted by molar-refractivity contribution is 7.92. The number of rotatable bonds is 8. The van der Waals surface area contributed by atoms with Gasteiger partial charge in [0.05, 0.1) is 18.0 Å². The topological polar surface area (TPSA) is 104 Å². The van der Waals surface area contributed by atoms with Crippen LogP contribution < -0.4 is 14.8 Å². The smallest absolute Gasteiger partial charge is 0.229 e. The number of piperazine rings is 1. The summed E-state index contributed by atoms with van der Waals surface area (Å²) >= 11 is 0. The second-order valence-corrected chi connectivity index (χ2v) is 8.58. The first kappa shape index (κ1) is 20.5. The lowest BCUT2D eigenvalue weighted by Gasteiger charge is -2.36. The molecule has 1 unspecified atom stereocenters. The molecule has 0 amide bonds. The summed E-state index contributed by atoms with van der Waals surface area (Å²) in [7, 11) is -3.31. The van der Waals surface area contributed by atoms with Gasteiger partial charge in [-0.3, -0.25) is 14.6 Å². The first-order valence-corrected chi connectivity index (χ1v) is 11.0. The van der Waals surface area contributed by atoms with Crippen molar-refractivity contribution in [3.8, 4) is 5.75 Å². The van der Waals surface area contributed by atoms with Crippen LogP contribution in [0.5, 0.6) is 5.75 Å². The van der Waals surface area contributed by atoms with E-state index in [0.717, 1.165) is 31.6 Å². The van der Waals surface area contributed by atoms with E-state index >= 15 is 0 Å². The Morgan fingerprint density at radius 3 is 2.79 bits per heavy atom. The molecule has 2 atom stereocenters. The molecule has 9 heteroatoms. The van der Waals surface area contributed by atoms with Crippen molar-refractivity contribution in [2.75, 3.05) is 43.8 Å². The van der Waals surface area contributed by atoms with Crippen LogP contribution >= 0.6 is 0 Å². The molecule has 8 nitrogen and oxygen atoms in total. The van der Waals surface area contributed by atoms with Gasteiger partial charge in [-0.2, -0.15) is 0 Å². The zero-order valence-corrected chi connectivity index (χ0v) is 16.6. The molecular weight excluding hydrogens is 380 g/mol. The van der Waals surface area contributed by atoms with Crippen molar-refractivity contribution >= 4 is 15.7 Å². The molecular formula is C19H26N4O4S. The number of ether oxygens (including phenoxy) is 1. The molecule has 3 N–H and O–H groups in total. The van der Waals surface area contributed by atoms with Crippen LogP contribution in [0, 0.1) is 0 Å². The van der Waals surface area contributed by atoms with Gasteiger partial charge in [-0.25, -0.2) is 8.42 Å². The van der Waals surface area contributed by atoms with E-state index < -0.39 is 16.1 Å². The Bertz CT molecular complexity index is 846. The summed E-state index contributed by atoms with van der Waals surface area (Å²) in [5.41, 5.74) is 1.45. The van der Waals surface area contributed by atoms with Crippen molar-refractivity contribution in [2.45, 2.75) is 12.1 Å². The number of aliphatic hydroxyl groups is 1. The third-order valence-electron chi connectivity index (χ3n) is 4.43. The van der Waals surface area contributed by atoms with Crippen molar-refractivity contribution in [3.05, 3.63) is 54.4 Å². The molecule has 3 rings (SSSR count). The molecule has 0 radical (unpaired) electrons. The van der Waals surface area contributed by atoms with Gasteiger partial charge in [-0.1, -0.05) is 6.07 Å². The van der Waals surface area contributed by atoms with E-state index in [1.807, 2.05) is 18.2 Å². The Balaban J connectivity index is 1.52. The molecule has 1 aromatic carbocycles. The van der Waals surface area contributed by atoms with Crippen LogP contribution in [0.3, 0.4) is 0 Å². The second kappa shape index (κ2) is 9.33. The first-order chi connectivity index (χ1) is 13.4. The fourth-order valence-corrected chi connectivity index (χ4v) is 3.74. The molecule has 1 aromatic heterocycles. The average Bonchev–Trinajstić information content (AvgIpc) is 2.67. The van der Waals surface area contributed by atoms with E-state index in [2.05, 4.69) is 19.9 Å². The predicted molar refractivity (Wildman–Crippen MR) is 108 cm³/mol. The average molecular weight is 407 g/mol. The van der Waals surface area contributed by atoms with Crippen LogP contribution in [0.25, 0.3) is 0 Å². The Hall–Kier alpha value is -2.20. The Kier molecular flexibility index (Phi) is 6.84. The standard InChI is InChI=1S/C19H26N4O4S/c1-28(25,26)22-15-5-7-17(8-6-15)27-14-16(24)13-23-11-10-20-12-19(23)18-4-2-3-9-21-18/h2-9,16,19-20,22,24H,10-14H2,1H3/t16-,19?/m0/s1. The Morgan fingerprint density at radius 2 is 2.11 bits per heavy atom. The van der Waals surface area contributed by atoms with Crippen LogP contribution in [-0.2, 0) is 10.0 Å². The number of sulfonamides is 1. The molecule has 1 aliphatic rings. The number of hydrogen-bond acceptors (Lipinski definition) is 7. The van der Waals surface area contributed by atoms with Crippen LogP contribution in [0.15, 0.2) is 48.7 Å². The molecule has 0 spiro atoms. The van der Waals surface area contributed by atoms with Crippen molar-refractivity contribution < 1.29 is 18.3 Å². The number of anilines is 1. The van der Waals surface area contributed by atoms with Gasteiger partial charge < -0.3 is 15.2 Å². The molecule has 1 fully saturated rings. The lowest BCUT2D eigenvalue weighted by atomic mass is 10.1. The van der Waals surface area contributed by atoms with Crippen LogP contribution in [0.2, 0.25) is 0 Å². The van der Waals surface area contributed by atoms with Gasteiger partial charge in [0.1, 0.15) is 18.5 Å². The highest BCUT2D eigenvalue weighted by Crippen LogP contribution is 2.21. The summed E-state index contributed by atoms with van der Waals surface area (Å²) in [5.74, 6) is 0.569. The molecule has 0 bridgehead atoms. The molecule has 2 heterocycles. The third-order valence-corrected chi connectivity index (χ3v) is 5.04. The monoisotopic (exact) mass is 406 g/mol. The zero-order chi connectivity index (χ0) is 20.0. The highest BCUT2D eigenvalue weighted by atomic mass is 32.2. The van der Waals surface area contributed by atoms with Crippen LogP contribution in [0.4, 0.5) is 5.69 Å². The van der Waals surface area contributed by atoms with E-state index in [1.165, 1.54) is 0 Å². The third kappa shape index (κ3) is 6.16. The van der Waals surface area contributed by atoms with E-state index in [-0.39, 0.29) is 12.6 Å². The SMILES string of the molecule is CS(=O)(=O)Nc1ccc(OC[C@@H](O)CN2CCNCC2c2ccccn2)cc1. The molecule has 0 aliphatic carbocycles. The molecule has 1 saturated heterocycles. The Morgan fingerprint density at radius 1 is 1.32 bits per heavy atom. The predicted octanol–water partition coefficient (Wildman–Crippen LogP) is 0.839. The van der Waals surface area contributed by atoms with Crippen molar-refractivity contribution in [1.29, 1.82) is 0 Å². The summed E-state index contributed by atoms with van der Waals surface area (Å²) in [5, 5.41) is 13.8. The van der Waals surface area contributed by atoms with Gasteiger partial charge in [0.2, 0.25) is 10.0 Å². The van der Waals surface area contributed by atoms with Crippen LogP contribution in [0.1, 0.15) is 11.7 Å². The fourth-order valence-electron chi connectivity index (χ4n) is 3.18. The lowest BCUT2D eigenvalue weighted by Crippen LogP contribution is -2.49. The molecule has 152 valence electrons. The number of hydrogen-bond donors (Lipinski definition) is 3. The summed E-state index contributed by atoms with van der Waals surface area (Å²) in [6.45, 7) is 3.11. The number of nitrogens with zero attached hydrogens (tertiary/aromatic N) is 2. The highest BCUT2D eigenvalue weighted by Gasteiger charge is 2.26. The van der Waals surface area contributed by atoms with E-state index in [1.54, 1.807) is 30.5 Å². The Labute approximate surface area is 165 Å². The van der Waals surface area contributed by atoms with Gasteiger partial charge in [-0.15, -0.1) is 0 Å². The summed E-state index contributed by atoms with van der Waals surface area (Å²) in [6, 6.07) is 12.6. The minimum atomic E-state index is -3.31. The number of pyridine rings is 1. The molecule has 1 aliphatic heterocycles. The van der Waals surface area contributed by atoms with E-state index in [4.69, 9.17) is 4.74 Å². The number of nitrogens with one attached hydrogen (secondary N) is 2. The van der Waals surface area contributed by atoms with Crippen molar-refractivity contribution in [2.24, 2.45) is 0 Å². The maximum absolute atomic E-state index is 11.2. The van der Waals surface area contributed by atoms with Gasteiger partial charge in [-0.05, 0) is 36.4 Å². The number of benzene rings is 1. The molecule has 28 heavy (non-hydrogen) atoms. The maximum atomic E-state index is 11.2. The molecule has 0 saturated carbocycles. The summed E-state index contributed by atoms with van der Waals surface area (Å²) in [6.07, 6.45) is 2.23. The number of β-amino-alcohol motifs (C(OH)–C–C–N with tert-alkyl or cyclic N) is 1. The van der Waals surface area contributed by atoms with Gasteiger partial charge in [0.15, 0.2) is 0 Å². The zero-order valence-electron chi connectivity index (χ0n) is 15.8. The lowest BCUT2D eigenvalue weighted by molar-refractivity contribution is 0.0428. The first-order valence-electron chi connectivity index (χ1n) is 9.15. The number of aliphatic hydroxyl groups excluding tert-OH is 1. The number of aromatic nitrogens is 1. The fraction of sp³-hybridized carbons (Fsp3) is 0.421. The van der Waals surface area contributed by atoms with Gasteiger partial charge in [0.25, 0.3) is 0 Å². The van der Waals surface area contributed by atoms with Gasteiger partial charge in [0, 0.05) is 38.1 Å². The largest absolute Gasteiger partial charge is 0.491 e. The molecule has 2 aromatic rings. The normalized spacial score (nSPS) is 19.1. The second-order valence-electron chi connectivity index (χ2n) is 6.83. The van der Waals surface area contributed by atoms with E-state index in [0.29, 0.717) is 18.0 Å². The maximum Gasteiger partial charge on any atom is 0.229 e. The van der Waals surface area contributed by atoms with Crippen molar-refractivity contribution in [1.82, 2.24) is 15.2 Å². The van der Waals surface area contributed by atoms with Gasteiger partial charge >= 0.3 is 0 Å².